The van der Waals surface area contributed by atoms with E-state index in [2.05, 4.69) is 20.1 Å². The zero-order chi connectivity index (χ0) is 16.5. The fraction of sp³-hybridized carbons (Fsp3) is 0.471. The molecule has 1 atom stereocenters. The van der Waals surface area contributed by atoms with Gasteiger partial charge in [-0.2, -0.15) is 0 Å². The van der Waals surface area contributed by atoms with Crippen LogP contribution in [0, 0.1) is 5.82 Å². The molecule has 2 amide bonds. The van der Waals surface area contributed by atoms with Crippen molar-refractivity contribution < 1.29 is 9.18 Å². The Kier molecular flexibility index (Phi) is 3.92. The third-order valence-electron chi connectivity index (χ3n) is 4.79. The maximum Gasteiger partial charge on any atom is 0.321 e. The van der Waals surface area contributed by atoms with Gasteiger partial charge in [0.05, 0.1) is 0 Å². The number of carbonyl (C=O) groups is 1. The van der Waals surface area contributed by atoms with Crippen LogP contribution in [0.4, 0.5) is 14.9 Å². The Morgan fingerprint density at radius 2 is 2.17 bits per heavy atom. The first-order chi connectivity index (χ1) is 11.7. The Hall–Kier alpha value is -2.44. The van der Waals surface area contributed by atoms with Crippen molar-refractivity contribution in [1.82, 2.24) is 19.7 Å². The number of hydrogen-bond donors (Lipinski definition) is 1. The van der Waals surface area contributed by atoms with E-state index in [0.29, 0.717) is 18.8 Å². The second kappa shape index (κ2) is 6.22. The topological polar surface area (TPSA) is 63.1 Å². The minimum atomic E-state index is -0.358. The molecule has 4 rings (SSSR count). The van der Waals surface area contributed by atoms with E-state index in [9.17, 15) is 9.18 Å². The quantitative estimate of drug-likeness (QED) is 0.921. The molecule has 0 spiro atoms. The molecular weight excluding hydrogens is 309 g/mol. The van der Waals surface area contributed by atoms with E-state index in [1.165, 1.54) is 12.1 Å². The SMILES string of the molecule is O=C(Nc1cccc(F)c1)N1CCC[C@@H](c2nnc3n2CCC3)C1. The Bertz CT molecular complexity index is 759. The highest BCUT2D eigenvalue weighted by Crippen LogP contribution is 2.28. The van der Waals surface area contributed by atoms with Gasteiger partial charge in [0.1, 0.15) is 17.5 Å². The van der Waals surface area contributed by atoms with Crippen LogP contribution in [0.5, 0.6) is 0 Å². The fourth-order valence-corrected chi connectivity index (χ4v) is 3.62. The van der Waals surface area contributed by atoms with Crippen molar-refractivity contribution in [3.05, 3.63) is 41.7 Å². The number of amides is 2. The van der Waals surface area contributed by atoms with Crippen molar-refractivity contribution in [2.24, 2.45) is 0 Å². The van der Waals surface area contributed by atoms with Crippen molar-refractivity contribution in [2.75, 3.05) is 18.4 Å². The van der Waals surface area contributed by atoms with Gasteiger partial charge in [0.2, 0.25) is 0 Å². The molecule has 2 aromatic rings. The van der Waals surface area contributed by atoms with Gasteiger partial charge < -0.3 is 14.8 Å². The van der Waals surface area contributed by atoms with Crippen LogP contribution < -0.4 is 5.32 Å². The molecule has 2 aliphatic heterocycles. The van der Waals surface area contributed by atoms with Gasteiger partial charge in [-0.1, -0.05) is 6.07 Å². The minimum Gasteiger partial charge on any atom is -0.324 e. The second-order valence-electron chi connectivity index (χ2n) is 6.46. The molecule has 1 aromatic heterocycles. The first-order valence-electron chi connectivity index (χ1n) is 8.44. The lowest BCUT2D eigenvalue weighted by Crippen LogP contribution is -2.42. The average molecular weight is 329 g/mol. The molecule has 2 aliphatic rings. The van der Waals surface area contributed by atoms with E-state index >= 15 is 0 Å². The monoisotopic (exact) mass is 329 g/mol. The van der Waals surface area contributed by atoms with Crippen molar-refractivity contribution in [3.63, 3.8) is 0 Å². The number of halogens is 1. The molecule has 3 heterocycles. The van der Waals surface area contributed by atoms with Gasteiger partial charge in [-0.15, -0.1) is 10.2 Å². The number of fused-ring (bicyclic) bond motifs is 1. The summed E-state index contributed by atoms with van der Waals surface area (Å²) in [4.78, 5) is 14.3. The summed E-state index contributed by atoms with van der Waals surface area (Å²) in [5, 5.41) is 11.4. The molecule has 6 nitrogen and oxygen atoms in total. The van der Waals surface area contributed by atoms with Gasteiger partial charge in [0.25, 0.3) is 0 Å². The number of nitrogens with one attached hydrogen (secondary N) is 1. The highest BCUT2D eigenvalue weighted by atomic mass is 19.1. The minimum absolute atomic E-state index is 0.188. The maximum atomic E-state index is 13.3. The summed E-state index contributed by atoms with van der Waals surface area (Å²) >= 11 is 0. The van der Waals surface area contributed by atoms with Gasteiger partial charge in [-0.05, 0) is 37.5 Å². The van der Waals surface area contributed by atoms with Crippen LogP contribution in [0.15, 0.2) is 24.3 Å². The van der Waals surface area contributed by atoms with Gasteiger partial charge in [-0.25, -0.2) is 9.18 Å². The molecular formula is C17H20FN5O. The Morgan fingerprint density at radius 1 is 1.25 bits per heavy atom. The van der Waals surface area contributed by atoms with Gasteiger partial charge in [0, 0.05) is 37.7 Å². The zero-order valence-corrected chi connectivity index (χ0v) is 13.4. The van der Waals surface area contributed by atoms with Crippen LogP contribution in [0.25, 0.3) is 0 Å². The van der Waals surface area contributed by atoms with E-state index in [4.69, 9.17) is 0 Å². The predicted octanol–water partition coefficient (Wildman–Crippen LogP) is 2.77. The number of aromatic nitrogens is 3. The summed E-state index contributed by atoms with van der Waals surface area (Å²) in [6, 6.07) is 5.77. The number of likely N-dealkylation sites (tertiary alicyclic amines) is 1. The third kappa shape index (κ3) is 2.86. The van der Waals surface area contributed by atoms with E-state index in [-0.39, 0.29) is 17.8 Å². The van der Waals surface area contributed by atoms with Crippen LogP contribution >= 0.6 is 0 Å². The summed E-state index contributed by atoms with van der Waals surface area (Å²) < 4.78 is 15.5. The van der Waals surface area contributed by atoms with E-state index in [0.717, 1.165) is 43.9 Å². The standard InChI is InChI=1S/C17H20FN5O/c18-13-5-1-6-14(10-13)19-17(24)22-8-2-4-12(11-22)16-21-20-15-7-3-9-23(15)16/h1,5-6,10,12H,2-4,7-9,11H2,(H,19,24)/t12-/m1/s1. The van der Waals surface area contributed by atoms with Gasteiger partial charge >= 0.3 is 6.03 Å². The molecule has 24 heavy (non-hydrogen) atoms. The van der Waals surface area contributed by atoms with E-state index in [1.54, 1.807) is 17.0 Å². The number of nitrogens with zero attached hydrogens (tertiary/aromatic N) is 4. The van der Waals surface area contributed by atoms with E-state index in [1.807, 2.05) is 0 Å². The largest absolute Gasteiger partial charge is 0.324 e. The lowest BCUT2D eigenvalue weighted by molar-refractivity contribution is 0.190. The molecule has 7 heteroatoms. The number of urea groups is 1. The normalized spacial score (nSPS) is 20.0. The van der Waals surface area contributed by atoms with Crippen LogP contribution in [-0.2, 0) is 13.0 Å². The van der Waals surface area contributed by atoms with Crippen LogP contribution in [0.2, 0.25) is 0 Å². The highest BCUT2D eigenvalue weighted by Gasteiger charge is 2.30. The Labute approximate surface area is 139 Å². The second-order valence-corrected chi connectivity index (χ2v) is 6.46. The summed E-state index contributed by atoms with van der Waals surface area (Å²) in [7, 11) is 0. The maximum absolute atomic E-state index is 13.3. The van der Waals surface area contributed by atoms with Gasteiger partial charge in [-0.3, -0.25) is 0 Å². The fourth-order valence-electron chi connectivity index (χ4n) is 3.62. The highest BCUT2D eigenvalue weighted by molar-refractivity contribution is 5.89. The lowest BCUT2D eigenvalue weighted by atomic mass is 9.97. The van der Waals surface area contributed by atoms with Crippen LogP contribution in [0.3, 0.4) is 0 Å². The lowest BCUT2D eigenvalue weighted by Gasteiger charge is -2.32. The number of piperidine rings is 1. The molecule has 0 radical (unpaired) electrons. The van der Waals surface area contributed by atoms with Crippen molar-refractivity contribution in [2.45, 2.75) is 38.1 Å². The molecule has 0 bridgehead atoms. The third-order valence-corrected chi connectivity index (χ3v) is 4.79. The predicted molar refractivity (Wildman–Crippen MR) is 87.3 cm³/mol. The van der Waals surface area contributed by atoms with Gasteiger partial charge in [0.15, 0.2) is 0 Å². The first kappa shape index (κ1) is 15.1. The molecule has 0 unspecified atom stereocenters. The van der Waals surface area contributed by atoms with E-state index < -0.39 is 0 Å². The first-order valence-corrected chi connectivity index (χ1v) is 8.44. The molecule has 0 saturated carbocycles. The molecule has 126 valence electrons. The summed E-state index contributed by atoms with van der Waals surface area (Å²) in [6.07, 6.45) is 4.06. The van der Waals surface area contributed by atoms with Crippen molar-refractivity contribution in [1.29, 1.82) is 0 Å². The Morgan fingerprint density at radius 3 is 3.04 bits per heavy atom. The summed E-state index contributed by atoms with van der Waals surface area (Å²) in [5.41, 5.74) is 0.477. The number of aryl methyl sites for hydroxylation is 1. The van der Waals surface area contributed by atoms with Crippen molar-refractivity contribution in [3.8, 4) is 0 Å². The van der Waals surface area contributed by atoms with Crippen molar-refractivity contribution >= 4 is 11.7 Å². The molecule has 1 saturated heterocycles. The number of anilines is 1. The summed E-state index contributed by atoms with van der Waals surface area (Å²) in [5.74, 6) is 1.93. The Balaban J connectivity index is 1.45. The molecule has 1 fully saturated rings. The zero-order valence-electron chi connectivity index (χ0n) is 13.4. The summed E-state index contributed by atoms with van der Waals surface area (Å²) in [6.45, 7) is 2.31. The molecule has 1 aromatic carbocycles. The smallest absolute Gasteiger partial charge is 0.321 e. The molecule has 1 N–H and O–H groups in total. The molecule has 0 aliphatic carbocycles. The van der Waals surface area contributed by atoms with Crippen LogP contribution in [0.1, 0.15) is 36.8 Å². The van der Waals surface area contributed by atoms with Crippen LogP contribution in [-0.4, -0.2) is 38.8 Å². The average Bonchev–Trinajstić information content (AvgIpc) is 3.18. The number of hydrogen-bond acceptors (Lipinski definition) is 3. The number of benzene rings is 1. The number of rotatable bonds is 2. The number of carbonyl (C=O) groups excluding carboxylic acids is 1.